The molecule has 0 radical (unpaired) electrons. The third-order valence-electron chi connectivity index (χ3n) is 3.97. The summed E-state index contributed by atoms with van der Waals surface area (Å²) >= 11 is 0. The molecule has 2 N–H and O–H groups in total. The third kappa shape index (κ3) is 3.10. The summed E-state index contributed by atoms with van der Waals surface area (Å²) in [5.41, 5.74) is 8.57. The number of allylic oxidation sites excluding steroid dienone is 1. The van der Waals surface area contributed by atoms with Gasteiger partial charge in [0, 0.05) is 6.42 Å². The Morgan fingerprint density at radius 1 is 1.40 bits per heavy atom. The maximum atomic E-state index is 12.2. The van der Waals surface area contributed by atoms with Crippen molar-refractivity contribution in [1.29, 1.82) is 0 Å². The maximum absolute atomic E-state index is 12.2. The van der Waals surface area contributed by atoms with Gasteiger partial charge >= 0.3 is 5.97 Å². The fraction of sp³-hybridized carbons (Fsp3) is 0.471. The monoisotopic (exact) mass is 273 g/mol. The Morgan fingerprint density at radius 3 is 2.80 bits per heavy atom. The molecular weight excluding hydrogens is 250 g/mol. The molecule has 1 atom stereocenters. The highest BCUT2D eigenvalue weighted by Gasteiger charge is 2.38. The standard InChI is InChI=1S/C17H23NO2/c1-13-7-6-10-15(11-13)17(18,16(19)20-2)12-14-8-4-3-5-9-14/h6-8,10-11H,3-5,9,12,18H2,1-2H3. The van der Waals surface area contributed by atoms with E-state index in [9.17, 15) is 4.79 Å². The molecule has 1 aliphatic rings. The molecule has 1 aromatic carbocycles. The van der Waals surface area contributed by atoms with Crippen LogP contribution in [0.3, 0.4) is 0 Å². The van der Waals surface area contributed by atoms with E-state index in [4.69, 9.17) is 10.5 Å². The van der Waals surface area contributed by atoms with Crippen LogP contribution in [0.25, 0.3) is 0 Å². The van der Waals surface area contributed by atoms with Gasteiger partial charge in [0.05, 0.1) is 7.11 Å². The van der Waals surface area contributed by atoms with Crippen LogP contribution in [0.5, 0.6) is 0 Å². The molecule has 20 heavy (non-hydrogen) atoms. The van der Waals surface area contributed by atoms with Crippen molar-refractivity contribution >= 4 is 5.97 Å². The number of ether oxygens (including phenoxy) is 1. The summed E-state index contributed by atoms with van der Waals surface area (Å²) in [6.07, 6.45) is 7.29. The van der Waals surface area contributed by atoms with Crippen LogP contribution in [0.15, 0.2) is 35.9 Å². The van der Waals surface area contributed by atoms with E-state index in [1.165, 1.54) is 25.5 Å². The van der Waals surface area contributed by atoms with E-state index >= 15 is 0 Å². The molecule has 0 amide bonds. The highest BCUT2D eigenvalue weighted by Crippen LogP contribution is 2.32. The molecule has 0 saturated heterocycles. The molecule has 108 valence electrons. The zero-order valence-corrected chi connectivity index (χ0v) is 12.3. The van der Waals surface area contributed by atoms with Crippen LogP contribution < -0.4 is 5.73 Å². The Labute approximate surface area is 120 Å². The lowest BCUT2D eigenvalue weighted by molar-refractivity contribution is -0.147. The molecule has 3 heteroatoms. The van der Waals surface area contributed by atoms with Crippen LogP contribution >= 0.6 is 0 Å². The predicted octanol–water partition coefficient (Wildman–Crippen LogP) is 3.21. The predicted molar refractivity (Wildman–Crippen MR) is 80.2 cm³/mol. The lowest BCUT2D eigenvalue weighted by Crippen LogP contribution is -2.46. The van der Waals surface area contributed by atoms with E-state index < -0.39 is 5.54 Å². The van der Waals surface area contributed by atoms with Gasteiger partial charge in [-0.2, -0.15) is 0 Å². The summed E-state index contributed by atoms with van der Waals surface area (Å²) < 4.78 is 4.96. The van der Waals surface area contributed by atoms with Crippen molar-refractivity contribution in [2.24, 2.45) is 5.73 Å². The van der Waals surface area contributed by atoms with Gasteiger partial charge in [-0.1, -0.05) is 41.5 Å². The molecule has 2 rings (SSSR count). The largest absolute Gasteiger partial charge is 0.467 e. The summed E-state index contributed by atoms with van der Waals surface area (Å²) in [6, 6.07) is 7.82. The second-order valence-corrected chi connectivity index (χ2v) is 5.62. The van der Waals surface area contributed by atoms with Gasteiger partial charge in [0.1, 0.15) is 5.54 Å². The minimum atomic E-state index is -1.08. The lowest BCUT2D eigenvalue weighted by Gasteiger charge is -2.29. The molecule has 0 bridgehead atoms. The van der Waals surface area contributed by atoms with Crippen molar-refractivity contribution in [2.75, 3.05) is 7.11 Å². The number of aryl methyl sites for hydroxylation is 1. The lowest BCUT2D eigenvalue weighted by atomic mass is 9.81. The number of esters is 1. The highest BCUT2D eigenvalue weighted by atomic mass is 16.5. The first-order valence-electron chi connectivity index (χ1n) is 7.18. The molecule has 1 unspecified atom stereocenters. The molecule has 0 aromatic heterocycles. The van der Waals surface area contributed by atoms with E-state index in [0.29, 0.717) is 6.42 Å². The first-order chi connectivity index (χ1) is 9.56. The Balaban J connectivity index is 2.34. The van der Waals surface area contributed by atoms with Gasteiger partial charge < -0.3 is 10.5 Å². The van der Waals surface area contributed by atoms with Gasteiger partial charge in [0.2, 0.25) is 0 Å². The maximum Gasteiger partial charge on any atom is 0.330 e. The Bertz CT molecular complexity index is 521. The number of carbonyl (C=O) groups excluding carboxylic acids is 1. The minimum Gasteiger partial charge on any atom is -0.467 e. The summed E-state index contributed by atoms with van der Waals surface area (Å²) in [5, 5.41) is 0. The van der Waals surface area contributed by atoms with Gasteiger partial charge in [-0.3, -0.25) is 0 Å². The van der Waals surface area contributed by atoms with E-state index in [1.54, 1.807) is 0 Å². The molecule has 0 saturated carbocycles. The van der Waals surface area contributed by atoms with Crippen molar-refractivity contribution in [2.45, 2.75) is 44.6 Å². The highest BCUT2D eigenvalue weighted by molar-refractivity contribution is 5.82. The number of rotatable bonds is 4. The number of hydrogen-bond acceptors (Lipinski definition) is 3. The first-order valence-corrected chi connectivity index (χ1v) is 7.18. The van der Waals surface area contributed by atoms with Crippen molar-refractivity contribution < 1.29 is 9.53 Å². The molecular formula is C17H23NO2. The van der Waals surface area contributed by atoms with Crippen LogP contribution in [0, 0.1) is 6.92 Å². The summed E-state index contributed by atoms with van der Waals surface area (Å²) in [5.74, 6) is -0.366. The van der Waals surface area contributed by atoms with Crippen molar-refractivity contribution in [3.05, 3.63) is 47.0 Å². The number of nitrogens with two attached hydrogens (primary N) is 1. The molecule has 1 aliphatic carbocycles. The average Bonchev–Trinajstić information content (AvgIpc) is 2.47. The van der Waals surface area contributed by atoms with Crippen molar-refractivity contribution in [3.63, 3.8) is 0 Å². The van der Waals surface area contributed by atoms with Crippen molar-refractivity contribution in [1.82, 2.24) is 0 Å². The quantitative estimate of drug-likeness (QED) is 0.677. The van der Waals surface area contributed by atoms with Gasteiger partial charge in [-0.05, 0) is 38.2 Å². The van der Waals surface area contributed by atoms with Crippen LogP contribution in [0.4, 0.5) is 0 Å². The fourth-order valence-corrected chi connectivity index (χ4v) is 2.82. The number of hydrogen-bond donors (Lipinski definition) is 1. The zero-order valence-electron chi connectivity index (χ0n) is 12.3. The van der Waals surface area contributed by atoms with Crippen LogP contribution in [0.1, 0.15) is 43.2 Å². The third-order valence-corrected chi connectivity index (χ3v) is 3.97. The fourth-order valence-electron chi connectivity index (χ4n) is 2.82. The van der Waals surface area contributed by atoms with Gasteiger partial charge in [-0.25, -0.2) is 4.79 Å². The normalized spacial score (nSPS) is 18.1. The first kappa shape index (κ1) is 14.8. The molecule has 0 aliphatic heterocycles. The zero-order chi connectivity index (χ0) is 14.6. The molecule has 1 aromatic rings. The summed E-state index contributed by atoms with van der Waals surface area (Å²) in [4.78, 5) is 12.2. The Kier molecular flexibility index (Phi) is 4.61. The van der Waals surface area contributed by atoms with E-state index in [1.807, 2.05) is 31.2 Å². The molecule has 0 heterocycles. The van der Waals surface area contributed by atoms with Gasteiger partial charge in [-0.15, -0.1) is 0 Å². The topological polar surface area (TPSA) is 52.3 Å². The Morgan fingerprint density at radius 2 is 2.20 bits per heavy atom. The van der Waals surface area contributed by atoms with Crippen molar-refractivity contribution in [3.8, 4) is 0 Å². The second-order valence-electron chi connectivity index (χ2n) is 5.62. The molecule has 3 nitrogen and oxygen atoms in total. The Hall–Kier alpha value is -1.61. The SMILES string of the molecule is COC(=O)C(N)(CC1=CCCCC1)c1cccc(C)c1. The van der Waals surface area contributed by atoms with E-state index in [0.717, 1.165) is 24.0 Å². The second kappa shape index (κ2) is 6.23. The molecule has 0 fully saturated rings. The average molecular weight is 273 g/mol. The number of carbonyl (C=O) groups is 1. The van der Waals surface area contributed by atoms with Gasteiger partial charge in [0.15, 0.2) is 0 Å². The van der Waals surface area contributed by atoms with Crippen LogP contribution in [0.2, 0.25) is 0 Å². The summed E-state index contributed by atoms with van der Waals surface area (Å²) in [6.45, 7) is 2.00. The van der Waals surface area contributed by atoms with E-state index in [2.05, 4.69) is 6.08 Å². The smallest absolute Gasteiger partial charge is 0.330 e. The number of methoxy groups -OCH3 is 1. The summed E-state index contributed by atoms with van der Waals surface area (Å²) in [7, 11) is 1.40. The van der Waals surface area contributed by atoms with Crippen LogP contribution in [-0.2, 0) is 15.1 Å². The van der Waals surface area contributed by atoms with E-state index in [-0.39, 0.29) is 5.97 Å². The number of benzene rings is 1. The van der Waals surface area contributed by atoms with Crippen LogP contribution in [-0.4, -0.2) is 13.1 Å². The molecule has 0 spiro atoms. The minimum absolute atomic E-state index is 0.366. The van der Waals surface area contributed by atoms with Gasteiger partial charge in [0.25, 0.3) is 0 Å².